The summed E-state index contributed by atoms with van der Waals surface area (Å²) in [6, 6.07) is 47.3. The van der Waals surface area contributed by atoms with Crippen molar-refractivity contribution >= 4 is 44.3 Å². The Bertz CT molecular complexity index is 2640. The average molecular weight is 644 g/mol. The fourth-order valence-electron chi connectivity index (χ4n) is 7.74. The summed E-state index contributed by atoms with van der Waals surface area (Å²) in [6.45, 7) is 4.40. The average Bonchev–Trinajstić information content (AvgIpc) is 3.60. The molecule has 0 radical (unpaired) electrons. The highest BCUT2D eigenvalue weighted by Crippen LogP contribution is 2.41. The van der Waals surface area contributed by atoms with E-state index in [1.807, 2.05) is 0 Å². The second-order valence-corrected chi connectivity index (χ2v) is 13.3. The predicted molar refractivity (Wildman–Crippen MR) is 210 cm³/mol. The minimum atomic E-state index is 0.173. The Morgan fingerprint density at radius 3 is 2.20 bits per heavy atom. The lowest BCUT2D eigenvalue weighted by atomic mass is 9.83. The van der Waals surface area contributed by atoms with Crippen LogP contribution >= 0.6 is 0 Å². The zero-order valence-corrected chi connectivity index (χ0v) is 28.3. The zero-order chi connectivity index (χ0) is 33.6. The number of hydrogen-bond acceptors (Lipinski definition) is 2. The van der Waals surface area contributed by atoms with Crippen LogP contribution in [0.5, 0.6) is 0 Å². The quantitative estimate of drug-likeness (QED) is 0.133. The van der Waals surface area contributed by atoms with Gasteiger partial charge in [0.1, 0.15) is 5.65 Å². The van der Waals surface area contributed by atoms with Gasteiger partial charge in [-0.1, -0.05) is 159 Å². The Hall–Kier alpha value is -6.06. The molecule has 1 aliphatic rings. The molecule has 3 heterocycles. The number of nitrogens with zero attached hydrogens (tertiary/aromatic N) is 3. The molecule has 0 spiro atoms. The minimum absolute atomic E-state index is 0.173. The SMILES string of the molecule is C/C=C(\C=C/[C@@H](C)c1ccc2ccc3ccccc3c2n1)C1C=Cc2c(c3ccccc3n3c(-c4ccccc4)c(-c4ccccc4)nc23)C1. The first-order valence-electron chi connectivity index (χ1n) is 17.6. The number of aromatic nitrogens is 3. The van der Waals surface area contributed by atoms with Crippen LogP contribution in [-0.2, 0) is 6.42 Å². The molecular formula is C47H37N3. The van der Waals surface area contributed by atoms with Gasteiger partial charge in [-0.3, -0.25) is 9.38 Å². The third kappa shape index (κ3) is 5.05. The van der Waals surface area contributed by atoms with E-state index in [2.05, 4.69) is 182 Å². The van der Waals surface area contributed by atoms with Crippen molar-refractivity contribution in [2.24, 2.45) is 5.92 Å². The van der Waals surface area contributed by atoms with Crippen molar-refractivity contribution in [2.75, 3.05) is 0 Å². The van der Waals surface area contributed by atoms with Crippen LogP contribution in [-0.4, -0.2) is 14.4 Å². The van der Waals surface area contributed by atoms with Crippen LogP contribution in [0.3, 0.4) is 0 Å². The lowest BCUT2D eigenvalue weighted by Gasteiger charge is -2.24. The number of imidazole rings is 1. The normalized spacial score (nSPS) is 15.4. The molecule has 1 unspecified atom stereocenters. The highest BCUT2D eigenvalue weighted by atomic mass is 15.0. The third-order valence-corrected chi connectivity index (χ3v) is 10.3. The summed E-state index contributed by atoms with van der Waals surface area (Å²) in [5, 5.41) is 4.88. The Morgan fingerprint density at radius 1 is 0.720 bits per heavy atom. The van der Waals surface area contributed by atoms with Gasteiger partial charge >= 0.3 is 0 Å². The topological polar surface area (TPSA) is 30.2 Å². The van der Waals surface area contributed by atoms with E-state index in [9.17, 15) is 0 Å². The Kier molecular flexibility index (Phi) is 7.47. The summed E-state index contributed by atoms with van der Waals surface area (Å²) >= 11 is 0. The van der Waals surface area contributed by atoms with Gasteiger partial charge in [0, 0.05) is 50.4 Å². The maximum atomic E-state index is 5.42. The van der Waals surface area contributed by atoms with Crippen LogP contribution in [0, 0.1) is 5.92 Å². The molecule has 5 aromatic carbocycles. The molecule has 9 rings (SSSR count). The van der Waals surface area contributed by atoms with E-state index in [1.54, 1.807) is 0 Å². The van der Waals surface area contributed by atoms with Crippen molar-refractivity contribution in [1.29, 1.82) is 0 Å². The van der Waals surface area contributed by atoms with Gasteiger partial charge in [0.2, 0.25) is 0 Å². The molecule has 0 saturated heterocycles. The van der Waals surface area contributed by atoms with Gasteiger partial charge in [-0.2, -0.15) is 0 Å². The summed E-state index contributed by atoms with van der Waals surface area (Å²) in [4.78, 5) is 10.6. The largest absolute Gasteiger partial charge is 0.291 e. The Morgan fingerprint density at radius 2 is 1.40 bits per heavy atom. The molecule has 3 aromatic heterocycles. The van der Waals surface area contributed by atoms with Gasteiger partial charge in [0.15, 0.2) is 0 Å². The van der Waals surface area contributed by atoms with Gasteiger partial charge in [-0.05, 0) is 42.0 Å². The second-order valence-electron chi connectivity index (χ2n) is 13.3. The van der Waals surface area contributed by atoms with E-state index < -0.39 is 0 Å². The van der Waals surface area contributed by atoms with Gasteiger partial charge in [0.25, 0.3) is 0 Å². The fraction of sp³-hybridized carbons (Fsp3) is 0.106. The summed E-state index contributed by atoms with van der Waals surface area (Å²) in [7, 11) is 0. The molecule has 240 valence electrons. The minimum Gasteiger partial charge on any atom is -0.291 e. The van der Waals surface area contributed by atoms with Crippen LogP contribution in [0.15, 0.2) is 163 Å². The van der Waals surface area contributed by atoms with Crippen molar-refractivity contribution in [1.82, 2.24) is 14.4 Å². The van der Waals surface area contributed by atoms with Crippen LogP contribution < -0.4 is 0 Å². The molecule has 0 aliphatic heterocycles. The monoisotopic (exact) mass is 643 g/mol. The molecule has 0 fully saturated rings. The van der Waals surface area contributed by atoms with E-state index in [0.717, 1.165) is 45.8 Å². The van der Waals surface area contributed by atoms with Crippen LogP contribution in [0.2, 0.25) is 0 Å². The lowest BCUT2D eigenvalue weighted by Crippen LogP contribution is -2.12. The van der Waals surface area contributed by atoms with E-state index in [0.29, 0.717) is 0 Å². The fourth-order valence-corrected chi connectivity index (χ4v) is 7.74. The number of para-hydroxylation sites is 1. The molecule has 3 heteroatoms. The number of hydrogen-bond donors (Lipinski definition) is 0. The molecular weight excluding hydrogens is 607 g/mol. The van der Waals surface area contributed by atoms with Crippen LogP contribution in [0.25, 0.3) is 66.8 Å². The maximum Gasteiger partial charge on any atom is 0.146 e. The van der Waals surface area contributed by atoms with Crippen molar-refractivity contribution in [3.8, 4) is 22.5 Å². The molecule has 1 aliphatic carbocycles. The first kappa shape index (κ1) is 30.0. The van der Waals surface area contributed by atoms with E-state index in [-0.39, 0.29) is 11.8 Å². The van der Waals surface area contributed by atoms with Gasteiger partial charge in [-0.15, -0.1) is 0 Å². The second kappa shape index (κ2) is 12.4. The first-order valence-corrected chi connectivity index (χ1v) is 17.6. The lowest BCUT2D eigenvalue weighted by molar-refractivity contribution is 0.764. The molecule has 8 aromatic rings. The summed E-state index contributed by atoms with van der Waals surface area (Å²) in [5.74, 6) is 0.429. The Balaban J connectivity index is 1.11. The van der Waals surface area contributed by atoms with Crippen molar-refractivity contribution < 1.29 is 0 Å². The van der Waals surface area contributed by atoms with E-state index in [4.69, 9.17) is 9.97 Å². The number of benzene rings is 5. The molecule has 3 nitrogen and oxygen atoms in total. The molecule has 0 N–H and O–H groups in total. The Labute approximate surface area is 292 Å². The molecule has 0 bridgehead atoms. The highest BCUT2D eigenvalue weighted by molar-refractivity contribution is 6.05. The zero-order valence-electron chi connectivity index (χ0n) is 28.3. The van der Waals surface area contributed by atoms with Gasteiger partial charge in [0.05, 0.1) is 22.4 Å². The van der Waals surface area contributed by atoms with Crippen molar-refractivity contribution in [3.63, 3.8) is 0 Å². The van der Waals surface area contributed by atoms with Crippen molar-refractivity contribution in [2.45, 2.75) is 26.2 Å². The van der Waals surface area contributed by atoms with Crippen molar-refractivity contribution in [3.05, 3.63) is 180 Å². The van der Waals surface area contributed by atoms with E-state index in [1.165, 1.54) is 43.8 Å². The predicted octanol–water partition coefficient (Wildman–Crippen LogP) is 12.0. The number of pyridine rings is 2. The number of rotatable bonds is 6. The third-order valence-electron chi connectivity index (χ3n) is 10.3. The summed E-state index contributed by atoms with van der Waals surface area (Å²) in [6.07, 6.45) is 12.5. The van der Waals surface area contributed by atoms with Crippen LogP contribution in [0.1, 0.15) is 36.6 Å². The first-order chi connectivity index (χ1) is 24.7. The maximum absolute atomic E-state index is 5.42. The van der Waals surface area contributed by atoms with Gasteiger partial charge in [-0.25, -0.2) is 4.98 Å². The standard InChI is InChI=1S/C47H37N3/c1-3-32(23-22-31(2)42-29-27-35-25-24-33-14-10-11-19-38(33)44(35)48-42)37-26-28-40-41(30-37)39-20-12-13-21-43(39)50-46(36-17-8-5-9-18-36)45(49-47(40)50)34-15-6-4-7-16-34/h3-29,31,37H,30H2,1-2H3/b23-22-,32-3+/t31-,37?/m1/s1. The highest BCUT2D eigenvalue weighted by Gasteiger charge is 2.26. The molecule has 0 saturated carbocycles. The van der Waals surface area contributed by atoms with Crippen LogP contribution in [0.4, 0.5) is 0 Å². The van der Waals surface area contributed by atoms with Gasteiger partial charge < -0.3 is 0 Å². The smallest absolute Gasteiger partial charge is 0.146 e. The summed E-state index contributed by atoms with van der Waals surface area (Å²) < 4.78 is 2.38. The molecule has 50 heavy (non-hydrogen) atoms. The molecule has 2 atom stereocenters. The summed E-state index contributed by atoms with van der Waals surface area (Å²) in [5.41, 5.74) is 12.6. The number of allylic oxidation sites excluding steroid dienone is 5. The molecule has 0 amide bonds. The number of fused-ring (bicyclic) bond motifs is 9. The van der Waals surface area contributed by atoms with E-state index >= 15 is 0 Å².